The second kappa shape index (κ2) is 4.95. The Morgan fingerprint density at radius 2 is 1.93 bits per heavy atom. The van der Waals surface area contributed by atoms with E-state index in [0.29, 0.717) is 6.42 Å². The van der Waals surface area contributed by atoms with Gasteiger partial charge in [0.1, 0.15) is 0 Å². The molecule has 82 valence electrons. The molecule has 14 heavy (non-hydrogen) atoms. The van der Waals surface area contributed by atoms with E-state index in [4.69, 9.17) is 5.73 Å². The van der Waals surface area contributed by atoms with Gasteiger partial charge >= 0.3 is 0 Å². The highest BCUT2D eigenvalue weighted by molar-refractivity contribution is 5.85. The van der Waals surface area contributed by atoms with Crippen LogP contribution in [-0.2, 0) is 9.59 Å². The highest BCUT2D eigenvalue weighted by Gasteiger charge is 2.28. The quantitative estimate of drug-likeness (QED) is 0.618. The molecule has 0 aromatic heterocycles. The minimum atomic E-state index is -0.800. The van der Waals surface area contributed by atoms with Gasteiger partial charge in [-0.15, -0.1) is 0 Å². The van der Waals surface area contributed by atoms with Gasteiger partial charge in [-0.05, 0) is 13.3 Å². The lowest BCUT2D eigenvalue weighted by Crippen LogP contribution is -2.55. The summed E-state index contributed by atoms with van der Waals surface area (Å²) in [5.41, 5.74) is 4.42. The first-order valence-corrected chi connectivity index (χ1v) is 4.58. The van der Waals surface area contributed by atoms with E-state index in [-0.39, 0.29) is 12.5 Å². The van der Waals surface area contributed by atoms with Gasteiger partial charge in [-0.1, -0.05) is 6.92 Å². The second-order valence-electron chi connectivity index (χ2n) is 3.69. The summed E-state index contributed by atoms with van der Waals surface area (Å²) >= 11 is 0. The average molecular weight is 201 g/mol. The smallest absolute Gasteiger partial charge is 0.237 e. The van der Waals surface area contributed by atoms with Crippen LogP contribution in [0.3, 0.4) is 0 Å². The van der Waals surface area contributed by atoms with Gasteiger partial charge in [0.15, 0.2) is 0 Å². The predicted octanol–water partition coefficient (Wildman–Crippen LogP) is -0.682. The van der Waals surface area contributed by atoms with Crippen molar-refractivity contribution in [2.24, 2.45) is 5.73 Å². The first-order valence-electron chi connectivity index (χ1n) is 4.58. The summed E-state index contributed by atoms with van der Waals surface area (Å²) in [5, 5.41) is 2.86. The van der Waals surface area contributed by atoms with Crippen LogP contribution in [0.15, 0.2) is 0 Å². The topological polar surface area (TPSA) is 75.4 Å². The molecule has 3 N–H and O–H groups in total. The molecule has 0 heterocycles. The predicted molar refractivity (Wildman–Crippen MR) is 54.6 cm³/mol. The number of primary amides is 1. The Morgan fingerprint density at radius 1 is 1.43 bits per heavy atom. The summed E-state index contributed by atoms with van der Waals surface area (Å²) in [6, 6.07) is 0. The zero-order valence-corrected chi connectivity index (χ0v) is 9.26. The van der Waals surface area contributed by atoms with Crippen molar-refractivity contribution in [1.29, 1.82) is 0 Å². The number of hydrogen-bond donors (Lipinski definition) is 2. The second-order valence-corrected chi connectivity index (χ2v) is 3.69. The van der Waals surface area contributed by atoms with Crippen LogP contribution in [0.5, 0.6) is 0 Å². The number of hydrogen-bond acceptors (Lipinski definition) is 3. The van der Waals surface area contributed by atoms with Gasteiger partial charge in [0.05, 0.1) is 12.1 Å². The fourth-order valence-electron chi connectivity index (χ4n) is 0.815. The lowest BCUT2D eigenvalue weighted by Gasteiger charge is -2.26. The van der Waals surface area contributed by atoms with E-state index >= 15 is 0 Å². The third-order valence-corrected chi connectivity index (χ3v) is 2.38. The van der Waals surface area contributed by atoms with Crippen LogP contribution < -0.4 is 11.1 Å². The van der Waals surface area contributed by atoms with Gasteiger partial charge in [0.2, 0.25) is 11.8 Å². The molecule has 0 saturated heterocycles. The Morgan fingerprint density at radius 3 is 2.21 bits per heavy atom. The highest BCUT2D eigenvalue weighted by Crippen LogP contribution is 2.07. The van der Waals surface area contributed by atoms with Crippen LogP contribution in [-0.4, -0.2) is 42.9 Å². The van der Waals surface area contributed by atoms with Crippen LogP contribution in [0.1, 0.15) is 20.3 Å². The van der Waals surface area contributed by atoms with Crippen molar-refractivity contribution in [2.45, 2.75) is 25.8 Å². The standard InChI is InChI=1S/C9H19N3O2/c1-5-9(2,8(10)14)11-6-7(13)12(3)4/h11H,5-6H2,1-4H3,(H2,10,14)/t9-/m0/s1. The molecule has 0 bridgehead atoms. The third kappa shape index (κ3) is 3.33. The SMILES string of the molecule is CC[C@](C)(NCC(=O)N(C)C)C(N)=O. The fraction of sp³-hybridized carbons (Fsp3) is 0.778. The summed E-state index contributed by atoms with van der Waals surface area (Å²) < 4.78 is 0. The molecule has 0 spiro atoms. The van der Waals surface area contributed by atoms with Crippen LogP contribution in [0.25, 0.3) is 0 Å². The summed E-state index contributed by atoms with van der Waals surface area (Å²) in [6.07, 6.45) is 0.559. The van der Waals surface area contributed by atoms with Gasteiger partial charge in [-0.25, -0.2) is 0 Å². The number of rotatable bonds is 5. The molecule has 5 nitrogen and oxygen atoms in total. The van der Waals surface area contributed by atoms with Crippen LogP contribution in [0.2, 0.25) is 0 Å². The van der Waals surface area contributed by atoms with E-state index in [1.165, 1.54) is 4.90 Å². The number of nitrogens with zero attached hydrogens (tertiary/aromatic N) is 1. The van der Waals surface area contributed by atoms with Crippen LogP contribution >= 0.6 is 0 Å². The fourth-order valence-corrected chi connectivity index (χ4v) is 0.815. The number of carbonyl (C=O) groups is 2. The minimum absolute atomic E-state index is 0.0778. The molecule has 0 rings (SSSR count). The molecule has 0 aliphatic heterocycles. The van der Waals surface area contributed by atoms with E-state index < -0.39 is 11.4 Å². The molecule has 0 fully saturated rings. The summed E-state index contributed by atoms with van der Waals surface area (Å²) in [5.74, 6) is -0.516. The number of nitrogens with one attached hydrogen (secondary N) is 1. The lowest BCUT2D eigenvalue weighted by atomic mass is 9.98. The average Bonchev–Trinajstić information content (AvgIpc) is 2.12. The minimum Gasteiger partial charge on any atom is -0.368 e. The van der Waals surface area contributed by atoms with E-state index in [9.17, 15) is 9.59 Å². The molecule has 2 amide bonds. The number of amides is 2. The Kier molecular flexibility index (Phi) is 4.56. The molecule has 1 atom stereocenters. The van der Waals surface area contributed by atoms with Crippen LogP contribution in [0.4, 0.5) is 0 Å². The molecule has 0 radical (unpaired) electrons. The molecule has 0 aromatic rings. The zero-order chi connectivity index (χ0) is 11.4. The van der Waals surface area contributed by atoms with Gasteiger partial charge in [-0.3, -0.25) is 14.9 Å². The Balaban J connectivity index is 4.22. The van der Waals surface area contributed by atoms with E-state index in [1.807, 2.05) is 6.92 Å². The summed E-state index contributed by atoms with van der Waals surface area (Å²) in [7, 11) is 3.33. The lowest BCUT2D eigenvalue weighted by molar-refractivity contribution is -0.129. The summed E-state index contributed by atoms with van der Waals surface area (Å²) in [4.78, 5) is 23.8. The van der Waals surface area contributed by atoms with Crippen molar-refractivity contribution in [1.82, 2.24) is 10.2 Å². The molecular weight excluding hydrogens is 182 g/mol. The number of nitrogens with two attached hydrogens (primary N) is 1. The third-order valence-electron chi connectivity index (χ3n) is 2.38. The number of carbonyl (C=O) groups excluding carboxylic acids is 2. The van der Waals surface area contributed by atoms with Gasteiger partial charge < -0.3 is 10.6 Å². The first kappa shape index (κ1) is 12.9. The number of likely N-dealkylation sites (N-methyl/N-ethyl adjacent to an activating group) is 1. The largest absolute Gasteiger partial charge is 0.368 e. The van der Waals surface area contributed by atoms with E-state index in [0.717, 1.165) is 0 Å². The van der Waals surface area contributed by atoms with Crippen molar-refractivity contribution in [3.05, 3.63) is 0 Å². The molecular formula is C9H19N3O2. The Labute approximate surface area is 84.6 Å². The van der Waals surface area contributed by atoms with Gasteiger partial charge in [0, 0.05) is 14.1 Å². The molecule has 0 aliphatic rings. The van der Waals surface area contributed by atoms with Crippen molar-refractivity contribution in [2.75, 3.05) is 20.6 Å². The molecule has 0 aliphatic carbocycles. The van der Waals surface area contributed by atoms with Crippen molar-refractivity contribution < 1.29 is 9.59 Å². The first-order chi connectivity index (χ1) is 6.33. The maximum absolute atomic E-state index is 11.2. The zero-order valence-electron chi connectivity index (χ0n) is 9.26. The molecule has 0 saturated carbocycles. The Bertz CT molecular complexity index is 228. The van der Waals surface area contributed by atoms with Crippen molar-refractivity contribution in [3.8, 4) is 0 Å². The summed E-state index contributed by atoms with van der Waals surface area (Å²) in [6.45, 7) is 3.66. The van der Waals surface area contributed by atoms with Gasteiger partial charge in [-0.2, -0.15) is 0 Å². The van der Waals surface area contributed by atoms with E-state index in [1.54, 1.807) is 21.0 Å². The monoisotopic (exact) mass is 201 g/mol. The van der Waals surface area contributed by atoms with Crippen molar-refractivity contribution in [3.63, 3.8) is 0 Å². The maximum atomic E-state index is 11.2. The highest BCUT2D eigenvalue weighted by atomic mass is 16.2. The van der Waals surface area contributed by atoms with E-state index in [2.05, 4.69) is 5.32 Å². The van der Waals surface area contributed by atoms with Crippen molar-refractivity contribution >= 4 is 11.8 Å². The molecule has 5 heteroatoms. The molecule has 0 aromatic carbocycles. The molecule has 0 unspecified atom stereocenters. The Hall–Kier alpha value is -1.10. The van der Waals surface area contributed by atoms with Crippen LogP contribution in [0, 0.1) is 0 Å². The normalized spacial score (nSPS) is 14.6. The van der Waals surface area contributed by atoms with Gasteiger partial charge in [0.25, 0.3) is 0 Å². The maximum Gasteiger partial charge on any atom is 0.237 e.